The highest BCUT2D eigenvalue weighted by Gasteiger charge is 2.23. The molecule has 0 radical (unpaired) electrons. The van der Waals surface area contributed by atoms with Crippen molar-refractivity contribution in [3.05, 3.63) is 29.8 Å². The van der Waals surface area contributed by atoms with Crippen molar-refractivity contribution in [3.8, 4) is 0 Å². The first-order chi connectivity index (χ1) is 8.50. The fourth-order valence-corrected chi connectivity index (χ4v) is 1.64. The largest absolute Gasteiger partial charge is 0.494 e. The minimum Gasteiger partial charge on any atom is -0.407 e. The first-order valence-electron chi connectivity index (χ1n) is 6.79. The lowest BCUT2D eigenvalue weighted by molar-refractivity contribution is 0.172. The summed E-state index contributed by atoms with van der Waals surface area (Å²) in [5.74, 6) is 1.03. The maximum atomic E-state index is 5.90. The van der Waals surface area contributed by atoms with Crippen LogP contribution in [0.25, 0.3) is 0 Å². The topological polar surface area (TPSA) is 18.5 Å². The second-order valence-corrected chi connectivity index (χ2v) is 5.64. The zero-order valence-corrected chi connectivity index (χ0v) is 12.3. The van der Waals surface area contributed by atoms with Gasteiger partial charge < -0.3 is 9.31 Å². The van der Waals surface area contributed by atoms with E-state index >= 15 is 0 Å². The van der Waals surface area contributed by atoms with Crippen molar-refractivity contribution in [2.24, 2.45) is 11.8 Å². The van der Waals surface area contributed by atoms with E-state index in [4.69, 9.17) is 9.31 Å². The summed E-state index contributed by atoms with van der Waals surface area (Å²) in [5.41, 5.74) is 2.36. The quantitative estimate of drug-likeness (QED) is 0.690. The molecule has 100 valence electrons. The Labute approximate surface area is 112 Å². The van der Waals surface area contributed by atoms with Crippen LogP contribution in [0, 0.1) is 18.8 Å². The van der Waals surface area contributed by atoms with Gasteiger partial charge >= 0.3 is 7.12 Å². The van der Waals surface area contributed by atoms with Crippen molar-refractivity contribution >= 4 is 12.6 Å². The minimum atomic E-state index is -0.240. The van der Waals surface area contributed by atoms with E-state index in [1.54, 1.807) is 0 Å². The molecular weight excluding hydrogens is 223 g/mol. The summed E-state index contributed by atoms with van der Waals surface area (Å²) in [7, 11) is -0.240. The molecule has 0 aromatic heterocycles. The van der Waals surface area contributed by atoms with Crippen LogP contribution in [0.3, 0.4) is 0 Å². The van der Waals surface area contributed by atoms with E-state index in [9.17, 15) is 0 Å². The van der Waals surface area contributed by atoms with Crippen LogP contribution in [-0.2, 0) is 9.31 Å². The predicted molar refractivity (Wildman–Crippen MR) is 78.1 cm³/mol. The van der Waals surface area contributed by atoms with E-state index in [-0.39, 0.29) is 7.12 Å². The first kappa shape index (κ1) is 15.3. The van der Waals surface area contributed by atoms with E-state index in [1.165, 1.54) is 5.56 Å². The van der Waals surface area contributed by atoms with Crippen molar-refractivity contribution in [3.63, 3.8) is 0 Å². The Morgan fingerprint density at radius 1 is 0.944 bits per heavy atom. The highest BCUT2D eigenvalue weighted by molar-refractivity contribution is 6.61. The monoisotopic (exact) mass is 248 g/mol. The molecule has 2 nitrogen and oxygen atoms in total. The van der Waals surface area contributed by atoms with E-state index in [1.807, 2.05) is 12.1 Å². The highest BCUT2D eigenvalue weighted by Crippen LogP contribution is 2.04. The van der Waals surface area contributed by atoms with Gasteiger partial charge in [0.05, 0.1) is 0 Å². The van der Waals surface area contributed by atoms with Crippen LogP contribution in [-0.4, -0.2) is 20.3 Å². The molecule has 3 heteroatoms. The highest BCUT2D eigenvalue weighted by atomic mass is 16.6. The summed E-state index contributed by atoms with van der Waals surface area (Å²) in [5, 5.41) is 0. The summed E-state index contributed by atoms with van der Waals surface area (Å²) in [6.45, 7) is 12.1. The zero-order chi connectivity index (χ0) is 13.5. The molecule has 0 bridgehead atoms. The molecule has 0 saturated carbocycles. The van der Waals surface area contributed by atoms with E-state index in [2.05, 4.69) is 46.8 Å². The van der Waals surface area contributed by atoms with Gasteiger partial charge in [-0.1, -0.05) is 57.5 Å². The van der Waals surface area contributed by atoms with Gasteiger partial charge in [0.2, 0.25) is 0 Å². The molecule has 0 saturated heterocycles. The molecule has 0 spiro atoms. The minimum absolute atomic E-state index is 0.240. The van der Waals surface area contributed by atoms with Gasteiger partial charge in [-0.15, -0.1) is 0 Å². The van der Waals surface area contributed by atoms with Gasteiger partial charge in [-0.05, 0) is 24.2 Å². The Hall–Kier alpha value is -0.795. The molecule has 0 aliphatic rings. The van der Waals surface area contributed by atoms with Gasteiger partial charge in [0, 0.05) is 13.2 Å². The second kappa shape index (κ2) is 7.60. The maximum absolute atomic E-state index is 5.90. The third-order valence-corrected chi connectivity index (χ3v) is 2.60. The van der Waals surface area contributed by atoms with E-state index in [0.29, 0.717) is 11.8 Å². The van der Waals surface area contributed by atoms with Crippen LogP contribution < -0.4 is 5.46 Å². The Bertz CT molecular complexity index is 338. The summed E-state index contributed by atoms with van der Waals surface area (Å²) in [4.78, 5) is 0. The molecule has 0 unspecified atom stereocenters. The molecule has 0 amide bonds. The number of rotatable bonds is 7. The van der Waals surface area contributed by atoms with Crippen molar-refractivity contribution in [2.45, 2.75) is 34.6 Å². The standard InChI is InChI=1S/C15H25BO2/c1-12(2)10-17-16(18-11-13(3)4)15-9-7-6-8-14(15)5/h6-9,12-13H,10-11H2,1-5H3. The van der Waals surface area contributed by atoms with Crippen LogP contribution in [0.1, 0.15) is 33.3 Å². The van der Waals surface area contributed by atoms with Crippen LogP contribution in [0.15, 0.2) is 24.3 Å². The molecule has 0 aliphatic heterocycles. The number of hydrogen-bond acceptors (Lipinski definition) is 2. The number of aryl methyl sites for hydroxylation is 1. The molecule has 18 heavy (non-hydrogen) atoms. The number of benzene rings is 1. The fourth-order valence-electron chi connectivity index (χ4n) is 1.64. The zero-order valence-electron chi connectivity index (χ0n) is 12.3. The van der Waals surface area contributed by atoms with Gasteiger partial charge in [0.15, 0.2) is 0 Å². The Morgan fingerprint density at radius 2 is 1.44 bits per heavy atom. The fraction of sp³-hybridized carbons (Fsp3) is 0.600. The molecule has 1 aromatic carbocycles. The van der Waals surface area contributed by atoms with Gasteiger partial charge in [0.25, 0.3) is 0 Å². The average Bonchev–Trinajstić information content (AvgIpc) is 2.30. The lowest BCUT2D eigenvalue weighted by Gasteiger charge is -2.19. The van der Waals surface area contributed by atoms with Crippen molar-refractivity contribution in [1.29, 1.82) is 0 Å². The summed E-state index contributed by atoms with van der Waals surface area (Å²) < 4.78 is 11.8. The smallest absolute Gasteiger partial charge is 0.407 e. The second-order valence-electron chi connectivity index (χ2n) is 5.64. The van der Waals surface area contributed by atoms with Crippen molar-refractivity contribution in [2.75, 3.05) is 13.2 Å². The molecule has 1 aromatic rings. The van der Waals surface area contributed by atoms with Crippen LogP contribution >= 0.6 is 0 Å². The SMILES string of the molecule is Cc1ccccc1B(OCC(C)C)OCC(C)C. The van der Waals surface area contributed by atoms with E-state index < -0.39 is 0 Å². The van der Waals surface area contributed by atoms with Gasteiger partial charge in [-0.3, -0.25) is 0 Å². The molecule has 0 atom stereocenters. The molecule has 1 rings (SSSR count). The summed E-state index contributed by atoms with van der Waals surface area (Å²) in [6.07, 6.45) is 0. The molecule has 0 fully saturated rings. The Morgan fingerprint density at radius 3 is 1.89 bits per heavy atom. The van der Waals surface area contributed by atoms with Gasteiger partial charge in [-0.2, -0.15) is 0 Å². The van der Waals surface area contributed by atoms with Crippen LogP contribution in [0.4, 0.5) is 0 Å². The summed E-state index contributed by atoms with van der Waals surface area (Å²) in [6, 6.07) is 8.26. The van der Waals surface area contributed by atoms with Gasteiger partial charge in [-0.25, -0.2) is 0 Å². The molecular formula is C15H25BO2. The maximum Gasteiger partial charge on any atom is 0.494 e. The van der Waals surface area contributed by atoms with Crippen molar-refractivity contribution < 1.29 is 9.31 Å². The van der Waals surface area contributed by atoms with E-state index in [0.717, 1.165) is 18.7 Å². The molecule has 0 N–H and O–H groups in total. The van der Waals surface area contributed by atoms with Gasteiger partial charge in [0.1, 0.15) is 0 Å². The summed E-state index contributed by atoms with van der Waals surface area (Å²) >= 11 is 0. The third-order valence-electron chi connectivity index (χ3n) is 2.60. The Balaban J connectivity index is 2.73. The predicted octanol–water partition coefficient (Wildman–Crippen LogP) is 3.04. The lowest BCUT2D eigenvalue weighted by Crippen LogP contribution is -2.40. The molecule has 0 heterocycles. The van der Waals surface area contributed by atoms with Crippen molar-refractivity contribution in [1.82, 2.24) is 0 Å². The first-order valence-corrected chi connectivity index (χ1v) is 6.79. The average molecular weight is 248 g/mol. The normalized spacial score (nSPS) is 11.3. The molecule has 0 aliphatic carbocycles. The van der Waals surface area contributed by atoms with Crippen LogP contribution in [0.5, 0.6) is 0 Å². The van der Waals surface area contributed by atoms with Crippen LogP contribution in [0.2, 0.25) is 0 Å². The Kier molecular flexibility index (Phi) is 6.44. The lowest BCUT2D eigenvalue weighted by atomic mass is 9.75. The third kappa shape index (κ3) is 5.24. The number of hydrogen-bond donors (Lipinski definition) is 0.